The topological polar surface area (TPSA) is 24.5 Å². The lowest BCUT2D eigenvalue weighted by Crippen LogP contribution is -2.36. The van der Waals surface area contributed by atoms with Crippen molar-refractivity contribution in [2.75, 3.05) is 31.2 Å². The molecule has 1 N–H and O–H groups in total. The van der Waals surface area contributed by atoms with Crippen LogP contribution in [0.1, 0.15) is 16.7 Å². The number of ether oxygens (including phenoxy) is 1. The highest BCUT2D eigenvalue weighted by Gasteiger charge is 2.10. The van der Waals surface area contributed by atoms with Crippen molar-refractivity contribution >= 4 is 17.0 Å². The van der Waals surface area contributed by atoms with Gasteiger partial charge >= 0.3 is 0 Å². The van der Waals surface area contributed by atoms with Gasteiger partial charge in [0.2, 0.25) is 0 Å². The molecule has 1 aromatic heterocycles. The van der Waals surface area contributed by atoms with Crippen molar-refractivity contribution in [1.82, 2.24) is 5.32 Å². The van der Waals surface area contributed by atoms with Gasteiger partial charge in [0.25, 0.3) is 0 Å². The molecular formula is C17H22N2OS. The van der Waals surface area contributed by atoms with E-state index in [0.717, 1.165) is 39.4 Å². The third kappa shape index (κ3) is 3.84. The van der Waals surface area contributed by atoms with E-state index in [0.29, 0.717) is 0 Å². The van der Waals surface area contributed by atoms with Crippen molar-refractivity contribution in [3.8, 4) is 0 Å². The first-order valence-electron chi connectivity index (χ1n) is 7.47. The maximum absolute atomic E-state index is 5.39. The predicted octanol–water partition coefficient (Wildman–Crippen LogP) is 3.18. The van der Waals surface area contributed by atoms with E-state index in [9.17, 15) is 0 Å². The van der Waals surface area contributed by atoms with Crippen molar-refractivity contribution < 1.29 is 4.74 Å². The molecular weight excluding hydrogens is 280 g/mol. The number of morpholine rings is 1. The molecule has 4 heteroatoms. The SMILES string of the molecule is Cc1cscc1CNCc1ccc(N2CCOCC2)cc1. The largest absolute Gasteiger partial charge is 0.378 e. The molecule has 0 unspecified atom stereocenters. The molecule has 1 fully saturated rings. The second-order valence-corrected chi connectivity index (χ2v) is 6.19. The Hall–Kier alpha value is -1.36. The summed E-state index contributed by atoms with van der Waals surface area (Å²) in [4.78, 5) is 2.38. The summed E-state index contributed by atoms with van der Waals surface area (Å²) in [6.07, 6.45) is 0. The molecule has 0 spiro atoms. The number of nitrogens with zero attached hydrogens (tertiary/aromatic N) is 1. The van der Waals surface area contributed by atoms with Gasteiger partial charge < -0.3 is 15.0 Å². The van der Waals surface area contributed by atoms with Gasteiger partial charge in [0.15, 0.2) is 0 Å². The number of rotatable bonds is 5. The van der Waals surface area contributed by atoms with E-state index in [4.69, 9.17) is 4.74 Å². The molecule has 21 heavy (non-hydrogen) atoms. The average molecular weight is 302 g/mol. The van der Waals surface area contributed by atoms with Crippen molar-refractivity contribution in [2.45, 2.75) is 20.0 Å². The molecule has 3 nitrogen and oxygen atoms in total. The highest BCUT2D eigenvalue weighted by atomic mass is 32.1. The molecule has 1 aliphatic rings. The summed E-state index contributed by atoms with van der Waals surface area (Å²) in [5.74, 6) is 0. The first-order valence-corrected chi connectivity index (χ1v) is 8.41. The molecule has 2 heterocycles. The Bertz CT molecular complexity index is 558. The van der Waals surface area contributed by atoms with Gasteiger partial charge in [-0.15, -0.1) is 0 Å². The van der Waals surface area contributed by atoms with E-state index in [1.807, 2.05) is 0 Å². The van der Waals surface area contributed by atoms with Gasteiger partial charge in [-0.2, -0.15) is 11.3 Å². The van der Waals surface area contributed by atoms with E-state index in [-0.39, 0.29) is 0 Å². The number of benzene rings is 1. The Morgan fingerprint density at radius 3 is 2.52 bits per heavy atom. The molecule has 0 aliphatic carbocycles. The number of thiophene rings is 1. The van der Waals surface area contributed by atoms with Crippen LogP contribution < -0.4 is 10.2 Å². The Morgan fingerprint density at radius 1 is 1.10 bits per heavy atom. The van der Waals surface area contributed by atoms with Gasteiger partial charge in [0, 0.05) is 31.9 Å². The van der Waals surface area contributed by atoms with E-state index in [2.05, 4.69) is 52.2 Å². The summed E-state index contributed by atoms with van der Waals surface area (Å²) in [5, 5.41) is 7.95. The number of anilines is 1. The maximum Gasteiger partial charge on any atom is 0.0642 e. The van der Waals surface area contributed by atoms with Crippen LogP contribution in [0, 0.1) is 6.92 Å². The van der Waals surface area contributed by atoms with Crippen LogP contribution in [0.15, 0.2) is 35.0 Å². The highest BCUT2D eigenvalue weighted by Crippen LogP contribution is 2.17. The number of nitrogens with one attached hydrogen (secondary N) is 1. The minimum absolute atomic E-state index is 0.837. The lowest BCUT2D eigenvalue weighted by Gasteiger charge is -2.28. The fourth-order valence-corrected chi connectivity index (χ4v) is 3.41. The van der Waals surface area contributed by atoms with E-state index in [1.165, 1.54) is 22.4 Å². The van der Waals surface area contributed by atoms with Crippen LogP contribution in [-0.2, 0) is 17.8 Å². The summed E-state index contributed by atoms with van der Waals surface area (Å²) >= 11 is 1.77. The Balaban J connectivity index is 1.51. The molecule has 1 aliphatic heterocycles. The second kappa shape index (κ2) is 7.07. The van der Waals surface area contributed by atoms with Crippen molar-refractivity contribution in [2.24, 2.45) is 0 Å². The quantitative estimate of drug-likeness (QED) is 0.918. The number of hydrogen-bond acceptors (Lipinski definition) is 4. The minimum Gasteiger partial charge on any atom is -0.378 e. The molecule has 0 saturated carbocycles. The van der Waals surface area contributed by atoms with Gasteiger partial charge in [-0.3, -0.25) is 0 Å². The summed E-state index contributed by atoms with van der Waals surface area (Å²) in [7, 11) is 0. The maximum atomic E-state index is 5.39. The molecule has 0 radical (unpaired) electrons. The fourth-order valence-electron chi connectivity index (χ4n) is 2.56. The summed E-state index contributed by atoms with van der Waals surface area (Å²) in [6.45, 7) is 7.69. The van der Waals surface area contributed by atoms with E-state index >= 15 is 0 Å². The zero-order chi connectivity index (χ0) is 14.5. The normalized spacial score (nSPS) is 15.4. The van der Waals surface area contributed by atoms with Gasteiger partial charge in [-0.1, -0.05) is 12.1 Å². The van der Waals surface area contributed by atoms with Crippen LogP contribution in [0.2, 0.25) is 0 Å². The minimum atomic E-state index is 0.837. The summed E-state index contributed by atoms with van der Waals surface area (Å²) < 4.78 is 5.39. The molecule has 1 saturated heterocycles. The lowest BCUT2D eigenvalue weighted by atomic mass is 10.1. The zero-order valence-electron chi connectivity index (χ0n) is 12.5. The average Bonchev–Trinajstić information content (AvgIpc) is 2.94. The predicted molar refractivity (Wildman–Crippen MR) is 89.1 cm³/mol. The van der Waals surface area contributed by atoms with E-state index in [1.54, 1.807) is 11.3 Å². The van der Waals surface area contributed by atoms with Gasteiger partial charge in [0.05, 0.1) is 13.2 Å². The Morgan fingerprint density at radius 2 is 1.86 bits per heavy atom. The first-order chi connectivity index (χ1) is 10.3. The smallest absolute Gasteiger partial charge is 0.0642 e. The monoisotopic (exact) mass is 302 g/mol. The van der Waals surface area contributed by atoms with Crippen molar-refractivity contribution in [3.05, 3.63) is 51.7 Å². The van der Waals surface area contributed by atoms with Crippen LogP contribution in [0.5, 0.6) is 0 Å². The summed E-state index contributed by atoms with van der Waals surface area (Å²) in [5.41, 5.74) is 5.43. The van der Waals surface area contributed by atoms with E-state index < -0.39 is 0 Å². The highest BCUT2D eigenvalue weighted by molar-refractivity contribution is 7.08. The van der Waals surface area contributed by atoms with Crippen LogP contribution in [0.4, 0.5) is 5.69 Å². The first kappa shape index (κ1) is 14.6. The molecule has 0 atom stereocenters. The third-order valence-corrected chi connectivity index (χ3v) is 4.83. The molecule has 1 aromatic carbocycles. The second-order valence-electron chi connectivity index (χ2n) is 5.45. The molecule has 2 aromatic rings. The van der Waals surface area contributed by atoms with Crippen LogP contribution in [0.3, 0.4) is 0 Å². The Labute approximate surface area is 130 Å². The Kier molecular flexibility index (Phi) is 4.91. The van der Waals surface area contributed by atoms with Crippen molar-refractivity contribution in [1.29, 1.82) is 0 Å². The standard InChI is InChI=1S/C17H22N2OS/c1-14-12-21-13-16(14)11-18-10-15-2-4-17(5-3-15)19-6-8-20-9-7-19/h2-5,12-13,18H,6-11H2,1H3. The fraction of sp³-hybridized carbons (Fsp3) is 0.412. The van der Waals surface area contributed by atoms with Crippen LogP contribution in [-0.4, -0.2) is 26.3 Å². The third-order valence-electron chi connectivity index (χ3n) is 3.92. The van der Waals surface area contributed by atoms with Gasteiger partial charge in [-0.25, -0.2) is 0 Å². The molecule has 112 valence electrons. The van der Waals surface area contributed by atoms with Crippen LogP contribution >= 0.6 is 11.3 Å². The van der Waals surface area contributed by atoms with Crippen LogP contribution in [0.25, 0.3) is 0 Å². The van der Waals surface area contributed by atoms with Gasteiger partial charge in [-0.05, 0) is 46.5 Å². The molecule has 0 bridgehead atoms. The zero-order valence-corrected chi connectivity index (χ0v) is 13.3. The summed E-state index contributed by atoms with van der Waals surface area (Å²) in [6, 6.07) is 8.88. The number of aryl methyl sites for hydroxylation is 1. The molecule has 3 rings (SSSR count). The molecule has 0 amide bonds. The van der Waals surface area contributed by atoms with Crippen molar-refractivity contribution in [3.63, 3.8) is 0 Å². The lowest BCUT2D eigenvalue weighted by molar-refractivity contribution is 0.122. The van der Waals surface area contributed by atoms with Gasteiger partial charge in [0.1, 0.15) is 0 Å². The number of hydrogen-bond donors (Lipinski definition) is 1.